The van der Waals surface area contributed by atoms with E-state index in [0.29, 0.717) is 11.3 Å². The van der Waals surface area contributed by atoms with Crippen LogP contribution in [0.15, 0.2) is 41.0 Å². The lowest BCUT2D eigenvalue weighted by Gasteiger charge is -2.29. The zero-order valence-corrected chi connectivity index (χ0v) is 12.0. The average molecular weight is 286 g/mol. The summed E-state index contributed by atoms with van der Waals surface area (Å²) in [7, 11) is 0. The Morgan fingerprint density at radius 2 is 2.05 bits per heavy atom. The number of aryl methyl sites for hydroxylation is 1. The Hall–Kier alpha value is -2.27. The first-order valence-corrected chi connectivity index (χ1v) is 7.02. The van der Waals surface area contributed by atoms with E-state index in [4.69, 9.17) is 9.15 Å². The Morgan fingerprint density at radius 1 is 1.24 bits per heavy atom. The molecule has 1 fully saturated rings. The number of furan rings is 1. The number of nitrogens with zero attached hydrogens (tertiary/aromatic N) is 1. The van der Waals surface area contributed by atoms with Gasteiger partial charge in [-0.3, -0.25) is 4.79 Å². The molecule has 2 aromatic rings. The van der Waals surface area contributed by atoms with Crippen molar-refractivity contribution in [2.75, 3.05) is 36.5 Å². The van der Waals surface area contributed by atoms with Crippen molar-refractivity contribution in [2.24, 2.45) is 0 Å². The lowest BCUT2D eigenvalue weighted by Crippen LogP contribution is -2.36. The van der Waals surface area contributed by atoms with Gasteiger partial charge in [0.1, 0.15) is 5.76 Å². The van der Waals surface area contributed by atoms with Gasteiger partial charge in [0.25, 0.3) is 5.91 Å². The van der Waals surface area contributed by atoms with Gasteiger partial charge in [0.15, 0.2) is 0 Å². The molecule has 2 heterocycles. The van der Waals surface area contributed by atoms with Gasteiger partial charge in [0.05, 0.1) is 25.0 Å². The second-order valence-corrected chi connectivity index (χ2v) is 4.99. The predicted molar refractivity (Wildman–Crippen MR) is 80.9 cm³/mol. The molecule has 0 unspecified atom stereocenters. The van der Waals surface area contributed by atoms with E-state index < -0.39 is 0 Å². The van der Waals surface area contributed by atoms with Gasteiger partial charge in [0.2, 0.25) is 0 Å². The minimum absolute atomic E-state index is 0.152. The van der Waals surface area contributed by atoms with E-state index in [1.54, 1.807) is 13.0 Å². The number of nitrogens with one attached hydrogen (secondary N) is 1. The van der Waals surface area contributed by atoms with Crippen LogP contribution < -0.4 is 10.2 Å². The van der Waals surface area contributed by atoms with Gasteiger partial charge in [-0.05, 0) is 31.2 Å². The Bertz CT molecular complexity index is 630. The molecule has 21 heavy (non-hydrogen) atoms. The summed E-state index contributed by atoms with van der Waals surface area (Å²) >= 11 is 0. The number of benzene rings is 1. The van der Waals surface area contributed by atoms with Crippen LogP contribution in [0.5, 0.6) is 0 Å². The zero-order chi connectivity index (χ0) is 14.7. The van der Waals surface area contributed by atoms with Crippen molar-refractivity contribution in [3.8, 4) is 0 Å². The van der Waals surface area contributed by atoms with E-state index in [-0.39, 0.29) is 5.91 Å². The highest BCUT2D eigenvalue weighted by Crippen LogP contribution is 2.21. The first-order chi connectivity index (χ1) is 10.2. The zero-order valence-electron chi connectivity index (χ0n) is 12.0. The third kappa shape index (κ3) is 3.08. The van der Waals surface area contributed by atoms with E-state index in [9.17, 15) is 4.79 Å². The van der Waals surface area contributed by atoms with E-state index >= 15 is 0 Å². The highest BCUT2D eigenvalue weighted by molar-refractivity contribution is 6.05. The molecule has 0 radical (unpaired) electrons. The van der Waals surface area contributed by atoms with Gasteiger partial charge in [-0.2, -0.15) is 0 Å². The molecule has 1 aromatic heterocycles. The lowest BCUT2D eigenvalue weighted by molar-refractivity contribution is 0.102. The van der Waals surface area contributed by atoms with Gasteiger partial charge in [-0.1, -0.05) is 6.07 Å². The number of carbonyl (C=O) groups is 1. The van der Waals surface area contributed by atoms with Crippen LogP contribution in [0.3, 0.4) is 0 Å². The second-order valence-electron chi connectivity index (χ2n) is 4.99. The van der Waals surface area contributed by atoms with E-state index in [1.165, 1.54) is 6.26 Å². The third-order valence-corrected chi connectivity index (χ3v) is 3.58. The number of rotatable bonds is 3. The number of hydrogen-bond donors (Lipinski definition) is 1. The number of carbonyl (C=O) groups excluding carboxylic acids is 1. The van der Waals surface area contributed by atoms with Gasteiger partial charge in [-0.25, -0.2) is 0 Å². The van der Waals surface area contributed by atoms with Crippen LogP contribution in [0.4, 0.5) is 11.4 Å². The maximum atomic E-state index is 12.2. The normalized spacial score (nSPS) is 15.0. The van der Waals surface area contributed by atoms with Crippen molar-refractivity contribution in [3.63, 3.8) is 0 Å². The molecule has 1 N–H and O–H groups in total. The van der Waals surface area contributed by atoms with Crippen LogP contribution in [0.1, 0.15) is 16.1 Å². The third-order valence-electron chi connectivity index (χ3n) is 3.58. The van der Waals surface area contributed by atoms with Crippen LogP contribution in [-0.4, -0.2) is 32.2 Å². The van der Waals surface area contributed by atoms with Gasteiger partial charge < -0.3 is 19.4 Å². The van der Waals surface area contributed by atoms with Crippen LogP contribution in [0, 0.1) is 6.92 Å². The maximum absolute atomic E-state index is 12.2. The van der Waals surface area contributed by atoms with Crippen LogP contribution in [0.2, 0.25) is 0 Å². The SMILES string of the molecule is Cc1occc1C(=O)Nc1cccc(N2CCOCC2)c1. The van der Waals surface area contributed by atoms with Crippen molar-refractivity contribution >= 4 is 17.3 Å². The second kappa shape index (κ2) is 6.01. The molecule has 110 valence electrons. The summed E-state index contributed by atoms with van der Waals surface area (Å²) < 4.78 is 10.5. The van der Waals surface area contributed by atoms with Gasteiger partial charge in [-0.15, -0.1) is 0 Å². The largest absolute Gasteiger partial charge is 0.469 e. The fraction of sp³-hybridized carbons (Fsp3) is 0.312. The molecule has 0 bridgehead atoms. The molecule has 1 saturated heterocycles. The number of anilines is 2. The topological polar surface area (TPSA) is 54.7 Å². The molecular weight excluding hydrogens is 268 g/mol. The molecule has 3 rings (SSSR count). The van der Waals surface area contributed by atoms with Gasteiger partial charge in [0, 0.05) is 24.5 Å². The Balaban J connectivity index is 1.74. The Morgan fingerprint density at radius 3 is 2.76 bits per heavy atom. The summed E-state index contributed by atoms with van der Waals surface area (Å²) in [5, 5.41) is 2.91. The summed E-state index contributed by atoms with van der Waals surface area (Å²) in [6, 6.07) is 9.54. The van der Waals surface area contributed by atoms with E-state index in [1.807, 2.05) is 24.3 Å². The summed E-state index contributed by atoms with van der Waals surface area (Å²) in [5.74, 6) is 0.470. The smallest absolute Gasteiger partial charge is 0.259 e. The van der Waals surface area contributed by atoms with E-state index in [2.05, 4.69) is 10.2 Å². The fourth-order valence-corrected chi connectivity index (χ4v) is 2.42. The molecular formula is C16H18N2O3. The molecule has 0 atom stereocenters. The minimum atomic E-state index is -0.152. The number of amides is 1. The van der Waals surface area contributed by atoms with Crippen LogP contribution in [-0.2, 0) is 4.74 Å². The average Bonchev–Trinajstić information content (AvgIpc) is 2.95. The molecule has 1 aliphatic heterocycles. The molecule has 0 aliphatic carbocycles. The summed E-state index contributed by atoms with van der Waals surface area (Å²) in [6.45, 7) is 5.01. The van der Waals surface area contributed by atoms with Crippen molar-refractivity contribution in [3.05, 3.63) is 47.9 Å². The molecule has 1 aromatic carbocycles. The fourth-order valence-electron chi connectivity index (χ4n) is 2.42. The van der Waals surface area contributed by atoms with Crippen LogP contribution in [0.25, 0.3) is 0 Å². The summed E-state index contributed by atoms with van der Waals surface area (Å²) in [6.07, 6.45) is 1.52. The molecule has 0 spiro atoms. The molecule has 1 aliphatic rings. The molecule has 5 nitrogen and oxygen atoms in total. The molecule has 5 heteroatoms. The monoisotopic (exact) mass is 286 g/mol. The van der Waals surface area contributed by atoms with Crippen LogP contribution >= 0.6 is 0 Å². The summed E-state index contributed by atoms with van der Waals surface area (Å²) in [5.41, 5.74) is 2.44. The maximum Gasteiger partial charge on any atom is 0.259 e. The molecule has 1 amide bonds. The highest BCUT2D eigenvalue weighted by atomic mass is 16.5. The highest BCUT2D eigenvalue weighted by Gasteiger charge is 2.14. The van der Waals surface area contributed by atoms with Crippen molar-refractivity contribution in [1.29, 1.82) is 0 Å². The number of hydrogen-bond acceptors (Lipinski definition) is 4. The van der Waals surface area contributed by atoms with E-state index in [0.717, 1.165) is 37.7 Å². The Labute approximate surface area is 123 Å². The lowest BCUT2D eigenvalue weighted by atomic mass is 10.2. The standard InChI is InChI=1S/C16H18N2O3/c1-12-15(5-8-21-12)16(19)17-13-3-2-4-14(11-13)18-6-9-20-10-7-18/h2-5,8,11H,6-7,9-10H2,1H3,(H,17,19). The first-order valence-electron chi connectivity index (χ1n) is 7.02. The van der Waals surface area contributed by atoms with Crippen molar-refractivity contribution < 1.29 is 13.9 Å². The quantitative estimate of drug-likeness (QED) is 0.942. The number of morpholine rings is 1. The molecule has 0 saturated carbocycles. The number of ether oxygens (including phenoxy) is 1. The predicted octanol–water partition coefficient (Wildman–Crippen LogP) is 2.68. The minimum Gasteiger partial charge on any atom is -0.469 e. The van der Waals surface area contributed by atoms with Gasteiger partial charge >= 0.3 is 0 Å². The first kappa shape index (κ1) is 13.7. The Kier molecular flexibility index (Phi) is 3.92. The van der Waals surface area contributed by atoms with Crippen molar-refractivity contribution in [2.45, 2.75) is 6.92 Å². The summed E-state index contributed by atoms with van der Waals surface area (Å²) in [4.78, 5) is 14.4. The van der Waals surface area contributed by atoms with Crippen molar-refractivity contribution in [1.82, 2.24) is 0 Å².